The van der Waals surface area contributed by atoms with Gasteiger partial charge in [0.1, 0.15) is 16.5 Å². The van der Waals surface area contributed by atoms with E-state index >= 15 is 0 Å². The maximum atomic E-state index is 12.5. The topological polar surface area (TPSA) is 70.6 Å². The lowest BCUT2D eigenvalue weighted by molar-refractivity contribution is 0.0331. The lowest BCUT2D eigenvalue weighted by Crippen LogP contribution is -2.36. The fourth-order valence-corrected chi connectivity index (χ4v) is 4.89. The van der Waals surface area contributed by atoms with Gasteiger partial charge < -0.3 is 15.0 Å². The molecule has 1 amide bonds. The summed E-state index contributed by atoms with van der Waals surface area (Å²) in [5, 5.41) is 4.65. The first-order chi connectivity index (χ1) is 15.8. The summed E-state index contributed by atoms with van der Waals surface area (Å²) in [4.78, 5) is 28.7. The minimum atomic E-state index is 0.0409. The Kier molecular flexibility index (Phi) is 7.26. The molecule has 1 aliphatic rings. The van der Waals surface area contributed by atoms with Gasteiger partial charge >= 0.3 is 0 Å². The third-order valence-electron chi connectivity index (χ3n) is 6.30. The zero-order chi connectivity index (χ0) is 23.5. The molecule has 3 heterocycles. The second kappa shape index (κ2) is 10.2. The maximum Gasteiger partial charge on any atom is 0.253 e. The van der Waals surface area contributed by atoms with Crippen molar-refractivity contribution in [1.82, 2.24) is 19.8 Å². The molecule has 1 aromatic carbocycles. The second-order valence-electron chi connectivity index (χ2n) is 8.90. The average molecular weight is 468 g/mol. The van der Waals surface area contributed by atoms with Crippen LogP contribution in [0.1, 0.15) is 46.0 Å². The van der Waals surface area contributed by atoms with Crippen LogP contribution >= 0.6 is 11.3 Å². The third kappa shape index (κ3) is 5.34. The Bertz CT molecular complexity index is 1120. The van der Waals surface area contributed by atoms with Gasteiger partial charge in [0.2, 0.25) is 0 Å². The predicted molar refractivity (Wildman–Crippen MR) is 134 cm³/mol. The maximum absolute atomic E-state index is 12.5. The van der Waals surface area contributed by atoms with E-state index < -0.39 is 0 Å². The van der Waals surface area contributed by atoms with Crippen LogP contribution < -0.4 is 5.32 Å². The molecule has 176 valence electrons. The number of nitrogens with one attached hydrogen (secondary N) is 1. The molecule has 1 aliphatic heterocycles. The van der Waals surface area contributed by atoms with Crippen molar-refractivity contribution in [2.24, 2.45) is 0 Å². The van der Waals surface area contributed by atoms with Gasteiger partial charge in [-0.3, -0.25) is 9.69 Å². The fourth-order valence-electron chi connectivity index (χ4n) is 3.84. The standard InChI is InChI=1S/C25H33N5O2S/c1-16(2)29(5)25(31)20-8-6-19(7-9-20)14-26-23-22-17(3)18(4)33-24(22)28-21(27-23)15-30-10-12-32-13-11-30/h6-9,16H,10-15H2,1-5H3,(H,26,27,28). The minimum Gasteiger partial charge on any atom is -0.379 e. The molecule has 2 aromatic heterocycles. The molecule has 8 heteroatoms. The van der Waals surface area contributed by atoms with Gasteiger partial charge in [-0.05, 0) is 51.0 Å². The Hall–Kier alpha value is -2.55. The molecule has 1 fully saturated rings. The number of aromatic nitrogens is 2. The van der Waals surface area contributed by atoms with Gasteiger partial charge in [0.15, 0.2) is 0 Å². The molecule has 4 rings (SSSR count). The van der Waals surface area contributed by atoms with Crippen molar-refractivity contribution in [3.8, 4) is 0 Å². The summed E-state index contributed by atoms with van der Waals surface area (Å²) in [6.45, 7) is 13.0. The van der Waals surface area contributed by atoms with Crippen molar-refractivity contribution in [3.63, 3.8) is 0 Å². The number of hydrogen-bond acceptors (Lipinski definition) is 7. The predicted octanol–water partition coefficient (Wildman–Crippen LogP) is 4.23. The zero-order valence-corrected chi connectivity index (χ0v) is 21.0. The van der Waals surface area contributed by atoms with E-state index in [9.17, 15) is 4.79 Å². The smallest absolute Gasteiger partial charge is 0.253 e. The number of hydrogen-bond donors (Lipinski definition) is 1. The van der Waals surface area contributed by atoms with Gasteiger partial charge in [0, 0.05) is 43.2 Å². The summed E-state index contributed by atoms with van der Waals surface area (Å²) < 4.78 is 5.47. The first kappa shape index (κ1) is 23.6. The molecule has 0 radical (unpaired) electrons. The van der Waals surface area contributed by atoms with Crippen LogP contribution in [0.4, 0.5) is 5.82 Å². The van der Waals surface area contributed by atoms with Crippen LogP contribution in [-0.2, 0) is 17.8 Å². The molecule has 3 aromatic rings. The monoisotopic (exact) mass is 467 g/mol. The molecule has 0 atom stereocenters. The van der Waals surface area contributed by atoms with E-state index in [2.05, 4.69) is 24.1 Å². The summed E-state index contributed by atoms with van der Waals surface area (Å²) in [6, 6.07) is 7.98. The van der Waals surface area contributed by atoms with Crippen LogP contribution in [0.2, 0.25) is 0 Å². The second-order valence-corrected chi connectivity index (χ2v) is 10.1. The normalized spacial score (nSPS) is 14.7. The van der Waals surface area contributed by atoms with Crippen molar-refractivity contribution in [2.75, 3.05) is 38.7 Å². The summed E-state index contributed by atoms with van der Waals surface area (Å²) >= 11 is 1.72. The van der Waals surface area contributed by atoms with E-state index in [-0.39, 0.29) is 11.9 Å². The third-order valence-corrected chi connectivity index (χ3v) is 7.40. The summed E-state index contributed by atoms with van der Waals surface area (Å²) in [7, 11) is 1.84. The van der Waals surface area contributed by atoms with E-state index in [1.807, 2.05) is 45.2 Å². The summed E-state index contributed by atoms with van der Waals surface area (Å²) in [5.74, 6) is 1.76. The average Bonchev–Trinajstić information content (AvgIpc) is 3.10. The van der Waals surface area contributed by atoms with Gasteiger partial charge in [-0.2, -0.15) is 0 Å². The molecule has 0 unspecified atom stereocenters. The lowest BCUT2D eigenvalue weighted by atomic mass is 10.1. The zero-order valence-electron chi connectivity index (χ0n) is 20.1. The van der Waals surface area contributed by atoms with Crippen LogP contribution in [0.15, 0.2) is 24.3 Å². The first-order valence-corrected chi connectivity index (χ1v) is 12.3. The van der Waals surface area contributed by atoms with Gasteiger partial charge in [-0.25, -0.2) is 9.97 Å². The molecule has 0 saturated carbocycles. The highest BCUT2D eigenvalue weighted by molar-refractivity contribution is 7.18. The Labute approximate surface area is 199 Å². The number of thiophene rings is 1. The number of morpholine rings is 1. The van der Waals surface area contributed by atoms with Crippen molar-refractivity contribution in [1.29, 1.82) is 0 Å². The van der Waals surface area contributed by atoms with Crippen molar-refractivity contribution < 1.29 is 9.53 Å². The van der Waals surface area contributed by atoms with Gasteiger partial charge in [-0.1, -0.05) is 12.1 Å². The number of nitrogens with zero attached hydrogens (tertiary/aromatic N) is 4. The van der Waals surface area contributed by atoms with Gasteiger partial charge in [0.25, 0.3) is 5.91 Å². The number of benzene rings is 1. The summed E-state index contributed by atoms with van der Waals surface area (Å²) in [6.07, 6.45) is 0. The number of ether oxygens (including phenoxy) is 1. The van der Waals surface area contributed by atoms with E-state index in [4.69, 9.17) is 14.7 Å². The van der Waals surface area contributed by atoms with Crippen LogP contribution in [0.5, 0.6) is 0 Å². The van der Waals surface area contributed by atoms with Gasteiger partial charge in [-0.15, -0.1) is 11.3 Å². The van der Waals surface area contributed by atoms with Crippen LogP contribution in [0, 0.1) is 13.8 Å². The summed E-state index contributed by atoms with van der Waals surface area (Å²) in [5.41, 5.74) is 3.04. The van der Waals surface area contributed by atoms with Crippen LogP contribution in [0.25, 0.3) is 10.2 Å². The molecule has 0 spiro atoms. The Morgan fingerprint density at radius 3 is 2.55 bits per heavy atom. The Morgan fingerprint density at radius 2 is 1.88 bits per heavy atom. The van der Waals surface area contributed by atoms with Crippen molar-refractivity contribution >= 4 is 33.3 Å². The molecule has 1 saturated heterocycles. The number of anilines is 1. The number of amides is 1. The number of aryl methyl sites for hydroxylation is 2. The van der Waals surface area contributed by atoms with E-state index in [0.717, 1.165) is 60.3 Å². The lowest BCUT2D eigenvalue weighted by Gasteiger charge is -2.25. The van der Waals surface area contributed by atoms with Crippen molar-refractivity contribution in [3.05, 3.63) is 51.7 Å². The van der Waals surface area contributed by atoms with E-state index in [0.29, 0.717) is 12.1 Å². The molecule has 33 heavy (non-hydrogen) atoms. The quantitative estimate of drug-likeness (QED) is 0.561. The number of fused-ring (bicyclic) bond motifs is 1. The largest absolute Gasteiger partial charge is 0.379 e. The molecule has 0 aliphatic carbocycles. The minimum absolute atomic E-state index is 0.0409. The molecule has 1 N–H and O–H groups in total. The highest BCUT2D eigenvalue weighted by Crippen LogP contribution is 2.33. The van der Waals surface area contributed by atoms with Crippen molar-refractivity contribution in [2.45, 2.75) is 46.8 Å². The van der Waals surface area contributed by atoms with Gasteiger partial charge in [0.05, 0.1) is 25.1 Å². The molecular formula is C25H33N5O2S. The van der Waals surface area contributed by atoms with E-state index in [1.54, 1.807) is 16.2 Å². The number of rotatable bonds is 7. The highest BCUT2D eigenvalue weighted by Gasteiger charge is 2.18. The van der Waals surface area contributed by atoms with Crippen LogP contribution in [0.3, 0.4) is 0 Å². The molecule has 0 bridgehead atoms. The molecular weight excluding hydrogens is 434 g/mol. The Morgan fingerprint density at radius 1 is 1.18 bits per heavy atom. The SMILES string of the molecule is Cc1sc2nc(CN3CCOCC3)nc(NCc3ccc(C(=O)N(C)C(C)C)cc3)c2c1C. The van der Waals surface area contributed by atoms with E-state index in [1.165, 1.54) is 10.4 Å². The number of carbonyl (C=O) groups excluding carboxylic acids is 1. The highest BCUT2D eigenvalue weighted by atomic mass is 32.1. The molecule has 7 nitrogen and oxygen atoms in total. The fraction of sp³-hybridized carbons (Fsp3) is 0.480. The first-order valence-electron chi connectivity index (χ1n) is 11.5. The Balaban J connectivity index is 1.53. The van der Waals surface area contributed by atoms with Crippen LogP contribution in [-0.4, -0.2) is 65.1 Å². The number of carbonyl (C=O) groups is 1.